The fraction of sp³-hybridized carbons (Fsp3) is 0.548. The van der Waals surface area contributed by atoms with Crippen molar-refractivity contribution in [3.8, 4) is 5.75 Å². The van der Waals surface area contributed by atoms with Gasteiger partial charge in [-0.25, -0.2) is 4.79 Å². The second-order valence-corrected chi connectivity index (χ2v) is 15.6. The summed E-state index contributed by atoms with van der Waals surface area (Å²) < 4.78 is 9.67. The minimum Gasteiger partial charge on any atom is -0.504 e. The van der Waals surface area contributed by atoms with E-state index in [-0.39, 0.29) is 46.1 Å². The molecule has 0 unspecified atom stereocenters. The van der Waals surface area contributed by atoms with Gasteiger partial charge in [0.2, 0.25) is 11.2 Å². The maximum atomic E-state index is 12.9. The van der Waals surface area contributed by atoms with E-state index in [9.17, 15) is 34.2 Å². The summed E-state index contributed by atoms with van der Waals surface area (Å²) in [6.45, 7) is 11.1. The lowest BCUT2D eigenvalue weighted by Gasteiger charge is -2.60. The molecule has 0 bridgehead atoms. The van der Waals surface area contributed by atoms with Crippen molar-refractivity contribution in [1.29, 1.82) is 0 Å². The number of Topliss-reactive ketones (excluding diaryl/α,β-unsaturated/α-hetero) is 1. The largest absolute Gasteiger partial charge is 0.504 e. The quantitative estimate of drug-likeness (QED) is 0.211. The van der Waals surface area contributed by atoms with E-state index in [0.29, 0.717) is 43.0 Å². The smallest absolute Gasteiger partial charge is 0.338 e. The Morgan fingerprint density at radius 3 is 2.28 bits per heavy atom. The molecule has 6 rings (SSSR count). The standard InChI is InChI=1S/C23H32O6.C10H12O2.C9H11NO2/c1-13(24)29-12-19(27)23(28)9-7-17-16-5-4-14-10-15(25)6-8-21(14,2)20(16)18(26)11-22(17,23)3;1-7(2)8-4-3-5-9(11)10(12)6-8;1-2-12-9(11)7-3-5-8(10)6-4-7/h10,16-18,20,26,28H,4-9,11-12H2,1-3H3;3-7H,1-2H3,(H,11,12);3-6H,2,10H2,1H3/t16-,17-,18-,20+,21-,22-,23-;;/m0../s1. The zero-order chi connectivity index (χ0) is 39.3. The molecule has 0 heterocycles. The first-order valence-corrected chi connectivity index (χ1v) is 18.5. The molecular weight excluding hydrogens is 678 g/mol. The highest BCUT2D eigenvalue weighted by atomic mass is 16.5. The van der Waals surface area contributed by atoms with Crippen LogP contribution in [0.5, 0.6) is 5.75 Å². The number of nitrogens with two attached hydrogens (primary N) is 1. The van der Waals surface area contributed by atoms with E-state index >= 15 is 0 Å². The Morgan fingerprint density at radius 2 is 1.66 bits per heavy atom. The van der Waals surface area contributed by atoms with Gasteiger partial charge in [0.1, 0.15) is 5.60 Å². The highest BCUT2D eigenvalue weighted by Gasteiger charge is 2.68. The number of hydrogen-bond donors (Lipinski definition) is 4. The molecule has 0 aliphatic heterocycles. The summed E-state index contributed by atoms with van der Waals surface area (Å²) in [5.74, 6) is -0.653. The van der Waals surface area contributed by atoms with Crippen LogP contribution in [0.2, 0.25) is 0 Å². The second kappa shape index (κ2) is 16.8. The number of ether oxygens (including phenoxy) is 2. The van der Waals surface area contributed by atoms with Gasteiger partial charge in [0.25, 0.3) is 0 Å². The first-order valence-electron chi connectivity index (χ1n) is 18.5. The van der Waals surface area contributed by atoms with Gasteiger partial charge in [-0.05, 0) is 123 Å². The summed E-state index contributed by atoms with van der Waals surface area (Å²) >= 11 is 0. The van der Waals surface area contributed by atoms with Gasteiger partial charge in [0.05, 0.1) is 18.3 Å². The van der Waals surface area contributed by atoms with Crippen LogP contribution in [0.15, 0.2) is 65.0 Å². The molecule has 2 aromatic carbocycles. The van der Waals surface area contributed by atoms with Crippen LogP contribution in [0, 0.1) is 28.6 Å². The number of nitrogen functional groups attached to an aromatic ring is 1. The van der Waals surface area contributed by atoms with E-state index in [1.165, 1.54) is 19.1 Å². The summed E-state index contributed by atoms with van der Waals surface area (Å²) in [5.41, 5.74) is 5.89. The van der Waals surface area contributed by atoms with Crippen LogP contribution in [0.4, 0.5) is 5.69 Å². The molecule has 5 N–H and O–H groups in total. The summed E-state index contributed by atoms with van der Waals surface area (Å²) in [7, 11) is 0. The molecule has 0 aromatic heterocycles. The first-order chi connectivity index (χ1) is 24.9. The van der Waals surface area contributed by atoms with Crippen molar-refractivity contribution < 1.29 is 44.0 Å². The van der Waals surface area contributed by atoms with Gasteiger partial charge >= 0.3 is 11.9 Å². The second-order valence-electron chi connectivity index (χ2n) is 15.6. The van der Waals surface area contributed by atoms with Crippen molar-refractivity contribution in [2.75, 3.05) is 18.9 Å². The lowest BCUT2D eigenvalue weighted by atomic mass is 9.45. The number of benzene rings is 1. The Hall–Kier alpha value is -4.35. The molecule has 3 saturated carbocycles. The van der Waals surface area contributed by atoms with Crippen LogP contribution in [0.1, 0.15) is 108 Å². The van der Waals surface area contributed by atoms with E-state index in [4.69, 9.17) is 20.3 Å². The zero-order valence-corrected chi connectivity index (χ0v) is 31.7. The number of aliphatic hydroxyl groups excluding tert-OH is 1. The Morgan fingerprint density at radius 1 is 0.981 bits per heavy atom. The Labute approximate surface area is 311 Å². The molecule has 53 heavy (non-hydrogen) atoms. The van der Waals surface area contributed by atoms with E-state index in [1.54, 1.807) is 43.3 Å². The van der Waals surface area contributed by atoms with Crippen molar-refractivity contribution in [2.45, 2.75) is 104 Å². The third kappa shape index (κ3) is 8.73. The van der Waals surface area contributed by atoms with Crippen molar-refractivity contribution in [2.24, 2.45) is 28.6 Å². The van der Waals surface area contributed by atoms with Crippen LogP contribution in [-0.4, -0.2) is 63.7 Å². The minimum absolute atomic E-state index is 0.0413. The number of carbonyl (C=O) groups excluding carboxylic acids is 4. The molecule has 4 aliphatic rings. The maximum Gasteiger partial charge on any atom is 0.338 e. The average molecular weight is 734 g/mol. The van der Waals surface area contributed by atoms with Gasteiger partial charge in [0.15, 0.2) is 18.1 Å². The lowest BCUT2D eigenvalue weighted by Crippen LogP contribution is -2.62. The Balaban J connectivity index is 0.000000215. The van der Waals surface area contributed by atoms with Crippen LogP contribution in [-0.2, 0) is 23.9 Å². The number of aliphatic hydroxyl groups is 2. The number of fused-ring (bicyclic) bond motifs is 5. The molecule has 0 saturated heterocycles. The molecule has 3 fully saturated rings. The molecule has 2 aromatic rings. The van der Waals surface area contributed by atoms with Gasteiger partial charge in [0, 0.05) is 24.4 Å². The monoisotopic (exact) mass is 733 g/mol. The number of rotatable bonds is 6. The molecule has 11 heteroatoms. The summed E-state index contributed by atoms with van der Waals surface area (Å²) in [6, 6.07) is 13.0. The zero-order valence-electron chi connectivity index (χ0n) is 31.7. The number of hydrogen-bond acceptors (Lipinski definition) is 11. The van der Waals surface area contributed by atoms with Gasteiger partial charge in [-0.3, -0.25) is 19.2 Å². The predicted molar refractivity (Wildman–Crippen MR) is 200 cm³/mol. The highest BCUT2D eigenvalue weighted by molar-refractivity contribution is 5.92. The SMILES string of the molecule is CC(=O)OCC(=O)[C@@]1(O)CC[C@H]2[C@@H]3CCC4=CC(=O)CC[C@]4(C)[C@H]3[C@@H](O)C[C@@]21C.CC(C)c1cccc(O)c(=O)c1.CCOC(=O)c1ccc(N)cc1. The number of aromatic hydroxyl groups is 1. The third-order valence-electron chi connectivity index (χ3n) is 12.1. The molecule has 0 radical (unpaired) electrons. The van der Waals surface area contributed by atoms with E-state index in [1.807, 2.05) is 26.8 Å². The average Bonchev–Trinajstić information content (AvgIpc) is 3.25. The highest BCUT2D eigenvalue weighted by Crippen LogP contribution is 2.67. The van der Waals surface area contributed by atoms with Crippen molar-refractivity contribution in [1.82, 2.24) is 0 Å². The number of esters is 2. The molecule has 7 atom stereocenters. The fourth-order valence-electron chi connectivity index (χ4n) is 9.24. The molecule has 4 aliphatic carbocycles. The van der Waals surface area contributed by atoms with Crippen molar-refractivity contribution in [3.63, 3.8) is 0 Å². The van der Waals surface area contributed by atoms with E-state index in [0.717, 1.165) is 36.8 Å². The van der Waals surface area contributed by atoms with Gasteiger partial charge in [-0.15, -0.1) is 0 Å². The molecule has 0 spiro atoms. The maximum absolute atomic E-state index is 12.9. The minimum atomic E-state index is -1.58. The summed E-state index contributed by atoms with van der Waals surface area (Å²) in [6.07, 6.45) is 5.54. The van der Waals surface area contributed by atoms with Crippen LogP contribution in [0.25, 0.3) is 0 Å². The Bertz CT molecular complexity index is 1770. The molecular formula is C42H55NO10. The summed E-state index contributed by atoms with van der Waals surface area (Å²) in [5, 5.41) is 31.8. The van der Waals surface area contributed by atoms with Gasteiger partial charge in [-0.2, -0.15) is 0 Å². The third-order valence-corrected chi connectivity index (χ3v) is 12.1. The van der Waals surface area contributed by atoms with Crippen molar-refractivity contribution >= 4 is 29.2 Å². The molecule has 0 amide bonds. The topological polar surface area (TPSA) is 191 Å². The van der Waals surface area contributed by atoms with Crippen molar-refractivity contribution in [3.05, 3.63) is 81.5 Å². The van der Waals surface area contributed by atoms with E-state index in [2.05, 4.69) is 6.92 Å². The van der Waals surface area contributed by atoms with Gasteiger partial charge in [-0.1, -0.05) is 45.4 Å². The molecule has 11 nitrogen and oxygen atoms in total. The van der Waals surface area contributed by atoms with Crippen LogP contribution in [0.3, 0.4) is 0 Å². The summed E-state index contributed by atoms with van der Waals surface area (Å²) in [4.78, 5) is 58.2. The Kier molecular flexibility index (Phi) is 13.1. The lowest BCUT2D eigenvalue weighted by molar-refractivity contribution is -0.184. The normalized spacial score (nSPS) is 29.8. The fourth-order valence-corrected chi connectivity index (χ4v) is 9.24. The number of anilines is 1. The number of allylic oxidation sites excluding steroid dienone is 1. The first kappa shape index (κ1) is 41.4. The number of ketones is 2. The van der Waals surface area contributed by atoms with Crippen LogP contribution < -0.4 is 11.2 Å². The van der Waals surface area contributed by atoms with Gasteiger partial charge < -0.3 is 30.5 Å². The number of carbonyl (C=O) groups is 4. The van der Waals surface area contributed by atoms with Crippen LogP contribution >= 0.6 is 0 Å². The predicted octanol–water partition coefficient (Wildman–Crippen LogP) is 5.67. The molecule has 288 valence electrons. The van der Waals surface area contributed by atoms with E-state index < -0.39 is 35.5 Å².